The molecule has 7 nitrogen and oxygen atoms in total. The minimum absolute atomic E-state index is 0.132. The van der Waals surface area contributed by atoms with Crippen LogP contribution in [-0.4, -0.2) is 33.9 Å². The number of benzene rings is 2. The largest absolute Gasteiger partial charge is 0.480 e. The van der Waals surface area contributed by atoms with E-state index in [0.29, 0.717) is 5.69 Å². The zero-order valence-electron chi connectivity index (χ0n) is 14.7. The van der Waals surface area contributed by atoms with Crippen LogP contribution in [0.1, 0.15) is 22.8 Å². The Morgan fingerprint density at radius 2 is 1.78 bits per heavy atom. The molecule has 27 heavy (non-hydrogen) atoms. The molecular weight excluding hydrogens is 346 g/mol. The van der Waals surface area contributed by atoms with Gasteiger partial charge in [0.1, 0.15) is 6.04 Å². The highest BCUT2D eigenvalue weighted by Crippen LogP contribution is 2.20. The molecule has 0 bridgehead atoms. The number of hydrogen-bond acceptors (Lipinski definition) is 3. The standard InChI is InChI=1S/C20H19N3O4/c1-12(24)22-17-9-5-3-7-15(17)19(25)23-18(20(26)27)10-13-11-21-16-8-4-2-6-14(13)16/h2-9,11,18,21H,10H2,1H3,(H,22,24)(H,23,25)(H,26,27)/t18-/m1/s1. The first-order chi connectivity index (χ1) is 13.0. The van der Waals surface area contributed by atoms with Crippen LogP contribution >= 0.6 is 0 Å². The van der Waals surface area contributed by atoms with E-state index in [1.807, 2.05) is 24.3 Å². The van der Waals surface area contributed by atoms with Crippen molar-refractivity contribution in [3.8, 4) is 0 Å². The lowest BCUT2D eigenvalue weighted by Gasteiger charge is -2.16. The summed E-state index contributed by atoms with van der Waals surface area (Å²) in [5.74, 6) is -2.01. The number of rotatable bonds is 6. The lowest BCUT2D eigenvalue weighted by molar-refractivity contribution is -0.139. The van der Waals surface area contributed by atoms with Crippen LogP contribution in [0.2, 0.25) is 0 Å². The number of amides is 2. The van der Waals surface area contributed by atoms with Crippen LogP contribution < -0.4 is 10.6 Å². The Morgan fingerprint density at radius 3 is 2.52 bits per heavy atom. The molecule has 0 saturated heterocycles. The molecule has 1 heterocycles. The van der Waals surface area contributed by atoms with Crippen molar-refractivity contribution in [1.82, 2.24) is 10.3 Å². The molecule has 0 fully saturated rings. The average molecular weight is 365 g/mol. The second-order valence-corrected chi connectivity index (χ2v) is 6.15. The predicted molar refractivity (Wildman–Crippen MR) is 102 cm³/mol. The Morgan fingerprint density at radius 1 is 1.07 bits per heavy atom. The lowest BCUT2D eigenvalue weighted by Crippen LogP contribution is -2.42. The highest BCUT2D eigenvalue weighted by atomic mass is 16.4. The Kier molecular flexibility index (Phi) is 5.21. The van der Waals surface area contributed by atoms with Crippen LogP contribution in [0.3, 0.4) is 0 Å². The zero-order chi connectivity index (χ0) is 19.4. The topological polar surface area (TPSA) is 111 Å². The van der Waals surface area contributed by atoms with Crippen molar-refractivity contribution in [2.45, 2.75) is 19.4 Å². The number of aromatic nitrogens is 1. The zero-order valence-corrected chi connectivity index (χ0v) is 14.7. The second-order valence-electron chi connectivity index (χ2n) is 6.15. The van der Waals surface area contributed by atoms with E-state index >= 15 is 0 Å². The number of aliphatic carboxylic acids is 1. The summed E-state index contributed by atoms with van der Waals surface area (Å²) < 4.78 is 0. The van der Waals surface area contributed by atoms with Gasteiger partial charge >= 0.3 is 5.97 Å². The SMILES string of the molecule is CC(=O)Nc1ccccc1C(=O)N[C@H](Cc1c[nH]c2ccccc12)C(=O)O. The van der Waals surface area contributed by atoms with Crippen molar-refractivity contribution in [1.29, 1.82) is 0 Å². The van der Waals surface area contributed by atoms with Crippen molar-refractivity contribution in [2.75, 3.05) is 5.32 Å². The Hall–Kier alpha value is -3.61. The molecule has 138 valence electrons. The van der Waals surface area contributed by atoms with Crippen molar-refractivity contribution in [2.24, 2.45) is 0 Å². The van der Waals surface area contributed by atoms with E-state index in [9.17, 15) is 19.5 Å². The third kappa shape index (κ3) is 4.14. The number of carboxylic acid groups (broad SMARTS) is 1. The van der Waals surface area contributed by atoms with Crippen LogP contribution in [-0.2, 0) is 16.0 Å². The van der Waals surface area contributed by atoms with Gasteiger partial charge in [0.25, 0.3) is 5.91 Å². The molecular formula is C20H19N3O4. The number of aromatic amines is 1. The predicted octanol–water partition coefficient (Wildman–Crippen LogP) is 2.55. The van der Waals surface area contributed by atoms with Crippen LogP contribution in [0.25, 0.3) is 10.9 Å². The fraction of sp³-hybridized carbons (Fsp3) is 0.150. The summed E-state index contributed by atoms with van der Waals surface area (Å²) in [5.41, 5.74) is 2.24. The number of fused-ring (bicyclic) bond motifs is 1. The van der Waals surface area contributed by atoms with Gasteiger partial charge in [-0.2, -0.15) is 0 Å². The summed E-state index contributed by atoms with van der Waals surface area (Å²) in [4.78, 5) is 38.7. The first kappa shape index (κ1) is 18.2. The maximum Gasteiger partial charge on any atom is 0.326 e. The van der Waals surface area contributed by atoms with Crippen LogP contribution in [0, 0.1) is 0 Å². The summed E-state index contributed by atoms with van der Waals surface area (Å²) >= 11 is 0. The molecule has 0 saturated carbocycles. The molecule has 0 aliphatic carbocycles. The summed E-state index contributed by atoms with van der Waals surface area (Å²) in [6.45, 7) is 1.34. The molecule has 0 radical (unpaired) electrons. The van der Waals surface area contributed by atoms with Crippen LogP contribution in [0.4, 0.5) is 5.69 Å². The lowest BCUT2D eigenvalue weighted by atomic mass is 10.0. The molecule has 2 amide bonds. The highest BCUT2D eigenvalue weighted by Gasteiger charge is 2.23. The number of anilines is 1. The molecule has 0 aliphatic rings. The third-order valence-electron chi connectivity index (χ3n) is 4.18. The van der Waals surface area contributed by atoms with Gasteiger partial charge in [-0.1, -0.05) is 30.3 Å². The van der Waals surface area contributed by atoms with E-state index in [2.05, 4.69) is 15.6 Å². The van der Waals surface area contributed by atoms with Gasteiger partial charge in [0.15, 0.2) is 0 Å². The van der Waals surface area contributed by atoms with E-state index in [0.717, 1.165) is 16.5 Å². The first-order valence-electron chi connectivity index (χ1n) is 8.41. The number of hydrogen-bond donors (Lipinski definition) is 4. The Bertz CT molecular complexity index is 1010. The molecule has 7 heteroatoms. The Balaban J connectivity index is 1.82. The van der Waals surface area contributed by atoms with Crippen LogP contribution in [0.15, 0.2) is 54.7 Å². The normalized spacial score (nSPS) is 11.7. The van der Waals surface area contributed by atoms with Gasteiger partial charge in [-0.05, 0) is 23.8 Å². The summed E-state index contributed by atoms with van der Waals surface area (Å²) in [6, 6.07) is 12.9. The summed E-state index contributed by atoms with van der Waals surface area (Å²) in [5, 5.41) is 15.6. The van der Waals surface area contributed by atoms with Gasteiger partial charge in [0.05, 0.1) is 11.3 Å². The Labute approximate surface area is 155 Å². The van der Waals surface area contributed by atoms with E-state index < -0.39 is 17.9 Å². The molecule has 2 aromatic carbocycles. The average Bonchev–Trinajstić information content (AvgIpc) is 3.04. The van der Waals surface area contributed by atoms with E-state index in [-0.39, 0.29) is 17.9 Å². The van der Waals surface area contributed by atoms with Gasteiger partial charge in [0, 0.05) is 30.4 Å². The minimum atomic E-state index is -1.13. The first-order valence-corrected chi connectivity index (χ1v) is 8.41. The van der Waals surface area contributed by atoms with Crippen molar-refractivity contribution in [3.05, 3.63) is 65.9 Å². The molecule has 0 spiro atoms. The summed E-state index contributed by atoms with van der Waals surface area (Å²) in [6.07, 6.45) is 1.88. The quantitative estimate of drug-likeness (QED) is 0.538. The minimum Gasteiger partial charge on any atom is -0.480 e. The van der Waals surface area contributed by atoms with E-state index in [1.54, 1.807) is 24.4 Å². The van der Waals surface area contributed by atoms with E-state index in [1.165, 1.54) is 13.0 Å². The van der Waals surface area contributed by atoms with Gasteiger partial charge < -0.3 is 20.7 Å². The number of H-pyrrole nitrogens is 1. The van der Waals surface area contributed by atoms with Crippen LogP contribution in [0.5, 0.6) is 0 Å². The fourth-order valence-corrected chi connectivity index (χ4v) is 2.94. The van der Waals surface area contributed by atoms with Gasteiger partial charge in [-0.25, -0.2) is 4.79 Å². The number of nitrogens with one attached hydrogen (secondary N) is 3. The maximum atomic E-state index is 12.6. The molecule has 4 N–H and O–H groups in total. The molecule has 1 aromatic heterocycles. The van der Waals surface area contributed by atoms with Crippen molar-refractivity contribution >= 4 is 34.4 Å². The molecule has 3 aromatic rings. The van der Waals surface area contributed by atoms with Crippen molar-refractivity contribution in [3.63, 3.8) is 0 Å². The number of carbonyl (C=O) groups is 3. The summed E-state index contributed by atoms with van der Waals surface area (Å²) in [7, 11) is 0. The molecule has 3 rings (SSSR count). The van der Waals surface area contributed by atoms with Gasteiger partial charge in [-0.3, -0.25) is 9.59 Å². The fourth-order valence-electron chi connectivity index (χ4n) is 2.94. The second kappa shape index (κ2) is 7.74. The number of carbonyl (C=O) groups excluding carboxylic acids is 2. The molecule has 1 atom stereocenters. The molecule has 0 unspecified atom stereocenters. The van der Waals surface area contributed by atoms with E-state index in [4.69, 9.17) is 0 Å². The van der Waals surface area contributed by atoms with Gasteiger partial charge in [-0.15, -0.1) is 0 Å². The molecule has 0 aliphatic heterocycles. The number of carboxylic acids is 1. The monoisotopic (exact) mass is 365 g/mol. The highest BCUT2D eigenvalue weighted by molar-refractivity contribution is 6.04. The third-order valence-corrected chi connectivity index (χ3v) is 4.18. The maximum absolute atomic E-state index is 12.6. The smallest absolute Gasteiger partial charge is 0.326 e. The number of para-hydroxylation sites is 2. The van der Waals surface area contributed by atoms with Crippen molar-refractivity contribution < 1.29 is 19.5 Å². The van der Waals surface area contributed by atoms with Gasteiger partial charge in [0.2, 0.25) is 5.91 Å².